The van der Waals surface area contributed by atoms with Crippen LogP contribution in [0.15, 0.2) is 5.16 Å². The predicted octanol–water partition coefficient (Wildman–Crippen LogP) is 1.63. The van der Waals surface area contributed by atoms with E-state index in [1.807, 2.05) is 0 Å². The van der Waals surface area contributed by atoms with Gasteiger partial charge in [0, 0.05) is 11.3 Å². The van der Waals surface area contributed by atoms with Gasteiger partial charge in [-0.15, -0.1) is 0 Å². The first-order valence-corrected chi connectivity index (χ1v) is 4.85. The molecular weight excluding hydrogens is 166 g/mol. The summed E-state index contributed by atoms with van der Waals surface area (Å²) in [6.45, 7) is 6.41. The second-order valence-electron chi connectivity index (χ2n) is 5.16. The number of aliphatic hydroxyl groups excluding tert-OH is 1. The first-order valence-electron chi connectivity index (χ1n) is 4.85. The van der Waals surface area contributed by atoms with E-state index in [1.54, 1.807) is 0 Å². The van der Waals surface area contributed by atoms with E-state index in [1.165, 1.54) is 0 Å². The highest BCUT2D eigenvalue weighted by Gasteiger charge is 2.64. The maximum absolute atomic E-state index is 9.98. The van der Waals surface area contributed by atoms with Gasteiger partial charge in [0.25, 0.3) is 0 Å². The smallest absolute Gasteiger partial charge is 0.102 e. The maximum Gasteiger partial charge on any atom is 0.102 e. The fourth-order valence-corrected chi connectivity index (χ4v) is 3.17. The van der Waals surface area contributed by atoms with Gasteiger partial charge in [0.05, 0.1) is 5.71 Å². The lowest BCUT2D eigenvalue weighted by molar-refractivity contribution is 0.0332. The van der Waals surface area contributed by atoms with Gasteiger partial charge in [0.15, 0.2) is 0 Å². The average molecular weight is 183 g/mol. The first-order chi connectivity index (χ1) is 5.95. The molecule has 0 aromatic heterocycles. The Bertz CT molecular complexity index is 272. The van der Waals surface area contributed by atoms with E-state index in [4.69, 9.17) is 5.21 Å². The van der Waals surface area contributed by atoms with Crippen LogP contribution in [-0.4, -0.2) is 22.1 Å². The Morgan fingerprint density at radius 2 is 2.00 bits per heavy atom. The van der Waals surface area contributed by atoms with E-state index in [0.717, 1.165) is 12.8 Å². The van der Waals surface area contributed by atoms with Crippen molar-refractivity contribution in [2.75, 3.05) is 0 Å². The van der Waals surface area contributed by atoms with Crippen LogP contribution in [0.25, 0.3) is 0 Å². The summed E-state index contributed by atoms with van der Waals surface area (Å²) in [6.07, 6.45) is 1.52. The van der Waals surface area contributed by atoms with Crippen LogP contribution in [-0.2, 0) is 0 Å². The second-order valence-corrected chi connectivity index (χ2v) is 5.16. The Hall–Kier alpha value is -0.570. The zero-order valence-corrected chi connectivity index (χ0v) is 8.41. The first kappa shape index (κ1) is 9.00. The number of oxime groups is 1. The molecule has 2 saturated carbocycles. The van der Waals surface area contributed by atoms with Crippen molar-refractivity contribution < 1.29 is 10.3 Å². The van der Waals surface area contributed by atoms with Crippen molar-refractivity contribution in [1.29, 1.82) is 0 Å². The van der Waals surface area contributed by atoms with Gasteiger partial charge in [0.2, 0.25) is 0 Å². The number of nitrogens with zero attached hydrogens (tertiary/aromatic N) is 1. The van der Waals surface area contributed by atoms with Crippen LogP contribution in [0.4, 0.5) is 0 Å². The van der Waals surface area contributed by atoms with Crippen molar-refractivity contribution in [3.8, 4) is 0 Å². The van der Waals surface area contributed by atoms with Gasteiger partial charge in [-0.05, 0) is 18.3 Å². The van der Waals surface area contributed by atoms with Gasteiger partial charge < -0.3 is 10.3 Å². The Labute approximate surface area is 78.4 Å². The largest absolute Gasteiger partial charge is 0.411 e. The van der Waals surface area contributed by atoms with Gasteiger partial charge in [0.1, 0.15) is 6.10 Å². The number of aliphatic hydroxyl groups is 1. The Balaban J connectivity index is 2.51. The minimum absolute atomic E-state index is 0.0635. The molecule has 3 heteroatoms. The van der Waals surface area contributed by atoms with Gasteiger partial charge >= 0.3 is 0 Å². The van der Waals surface area contributed by atoms with Crippen LogP contribution in [0.3, 0.4) is 0 Å². The summed E-state index contributed by atoms with van der Waals surface area (Å²) in [5.74, 6) is 0.262. The van der Waals surface area contributed by atoms with Gasteiger partial charge in [-0.2, -0.15) is 0 Å². The molecule has 2 N–H and O–H groups in total. The molecule has 0 heterocycles. The Morgan fingerprint density at radius 3 is 2.31 bits per heavy atom. The number of fused-ring (bicyclic) bond motifs is 2. The molecule has 74 valence electrons. The van der Waals surface area contributed by atoms with E-state index < -0.39 is 6.10 Å². The fourth-order valence-electron chi connectivity index (χ4n) is 3.17. The zero-order chi connectivity index (χ0) is 9.85. The number of rotatable bonds is 0. The molecule has 2 rings (SSSR count). The van der Waals surface area contributed by atoms with E-state index in [-0.39, 0.29) is 16.7 Å². The maximum atomic E-state index is 9.98. The normalized spacial score (nSPS) is 50.3. The van der Waals surface area contributed by atoms with E-state index in [2.05, 4.69) is 25.9 Å². The molecule has 2 aliphatic rings. The highest BCUT2D eigenvalue weighted by atomic mass is 16.4. The lowest BCUT2D eigenvalue weighted by Crippen LogP contribution is -2.37. The molecule has 2 fully saturated rings. The van der Waals surface area contributed by atoms with Gasteiger partial charge in [-0.1, -0.05) is 25.9 Å². The van der Waals surface area contributed by atoms with Crippen molar-refractivity contribution in [1.82, 2.24) is 0 Å². The van der Waals surface area contributed by atoms with Crippen molar-refractivity contribution in [3.63, 3.8) is 0 Å². The van der Waals surface area contributed by atoms with Crippen LogP contribution in [0.2, 0.25) is 0 Å². The van der Waals surface area contributed by atoms with E-state index in [0.29, 0.717) is 5.71 Å². The van der Waals surface area contributed by atoms with Crippen molar-refractivity contribution in [2.45, 2.75) is 39.7 Å². The molecule has 13 heavy (non-hydrogen) atoms. The summed E-state index contributed by atoms with van der Waals surface area (Å²) >= 11 is 0. The van der Waals surface area contributed by atoms with Crippen LogP contribution in [0, 0.1) is 16.7 Å². The third kappa shape index (κ3) is 0.766. The van der Waals surface area contributed by atoms with Crippen molar-refractivity contribution in [3.05, 3.63) is 0 Å². The lowest BCUT2D eigenvalue weighted by Gasteiger charge is -2.35. The molecule has 0 amide bonds. The monoisotopic (exact) mass is 183 g/mol. The molecular formula is C10H17NO2. The molecule has 3 nitrogen and oxygen atoms in total. The average Bonchev–Trinajstić information content (AvgIpc) is 2.36. The minimum Gasteiger partial charge on any atom is -0.411 e. The second kappa shape index (κ2) is 2.27. The number of hydrogen-bond acceptors (Lipinski definition) is 3. The summed E-state index contributed by atoms with van der Waals surface area (Å²) in [5.41, 5.74) is 0.562. The number of hydrogen-bond donors (Lipinski definition) is 2. The summed E-state index contributed by atoms with van der Waals surface area (Å²) in [4.78, 5) is 0. The quantitative estimate of drug-likeness (QED) is 0.443. The standard InChI is InChI=1S/C10H17NO2/c1-9(2)6-4-5-10(9,3)8(12)7(6)11-13/h6,8,12-13H,4-5H2,1-3H3/b11-7+/t6?,8-,10?/m1/s1. The van der Waals surface area contributed by atoms with Crippen LogP contribution in [0.1, 0.15) is 33.6 Å². The van der Waals surface area contributed by atoms with Gasteiger partial charge in [-0.25, -0.2) is 0 Å². The Kier molecular flexibility index (Phi) is 1.57. The summed E-state index contributed by atoms with van der Waals surface area (Å²) < 4.78 is 0. The summed E-state index contributed by atoms with van der Waals surface area (Å²) in [5, 5.41) is 22.1. The third-order valence-electron chi connectivity index (χ3n) is 4.65. The van der Waals surface area contributed by atoms with Crippen molar-refractivity contribution in [2.24, 2.45) is 21.9 Å². The molecule has 0 saturated heterocycles. The molecule has 0 spiro atoms. The molecule has 2 unspecified atom stereocenters. The lowest BCUT2D eigenvalue weighted by atomic mass is 9.70. The fraction of sp³-hybridized carbons (Fsp3) is 0.900. The predicted molar refractivity (Wildman–Crippen MR) is 49.8 cm³/mol. The third-order valence-corrected chi connectivity index (χ3v) is 4.65. The van der Waals surface area contributed by atoms with Gasteiger partial charge in [-0.3, -0.25) is 0 Å². The molecule has 0 aromatic carbocycles. The summed E-state index contributed by atoms with van der Waals surface area (Å²) in [6, 6.07) is 0. The van der Waals surface area contributed by atoms with Crippen LogP contribution < -0.4 is 0 Å². The highest BCUT2D eigenvalue weighted by molar-refractivity contribution is 5.95. The Morgan fingerprint density at radius 1 is 1.38 bits per heavy atom. The molecule has 2 bridgehead atoms. The van der Waals surface area contributed by atoms with E-state index in [9.17, 15) is 5.11 Å². The van der Waals surface area contributed by atoms with Crippen LogP contribution >= 0.6 is 0 Å². The zero-order valence-electron chi connectivity index (χ0n) is 8.41. The summed E-state index contributed by atoms with van der Waals surface area (Å²) in [7, 11) is 0. The molecule has 0 aromatic rings. The van der Waals surface area contributed by atoms with Crippen LogP contribution in [0.5, 0.6) is 0 Å². The highest BCUT2D eigenvalue weighted by Crippen LogP contribution is 2.64. The minimum atomic E-state index is -0.550. The molecule has 0 radical (unpaired) electrons. The van der Waals surface area contributed by atoms with E-state index >= 15 is 0 Å². The molecule has 0 aliphatic heterocycles. The topological polar surface area (TPSA) is 52.8 Å². The SMILES string of the molecule is CC1(C)C2CCC1(C)[C@H](O)/C2=N/O. The van der Waals surface area contributed by atoms with Crippen molar-refractivity contribution >= 4 is 5.71 Å². The molecule has 2 aliphatic carbocycles. The molecule has 3 atom stereocenters.